The van der Waals surface area contributed by atoms with Gasteiger partial charge < -0.3 is 15.0 Å². The van der Waals surface area contributed by atoms with Gasteiger partial charge in [-0.25, -0.2) is 13.2 Å². The van der Waals surface area contributed by atoms with Crippen LogP contribution in [0.5, 0.6) is 0 Å². The van der Waals surface area contributed by atoms with Crippen molar-refractivity contribution in [3.05, 3.63) is 35.5 Å². The fraction of sp³-hybridized carbons (Fsp3) is 0.389. The molecule has 13 heteroatoms. The van der Waals surface area contributed by atoms with Crippen molar-refractivity contribution in [1.82, 2.24) is 18.8 Å². The number of ether oxygens (including phenoxy) is 1. The summed E-state index contributed by atoms with van der Waals surface area (Å²) in [7, 11) is -3.84. The Labute approximate surface area is 183 Å². The summed E-state index contributed by atoms with van der Waals surface area (Å²) in [6.45, 7) is 4.19. The van der Waals surface area contributed by atoms with Crippen molar-refractivity contribution in [2.45, 2.75) is 18.7 Å². The number of sulfonamides is 1. The fourth-order valence-corrected chi connectivity index (χ4v) is 4.99. The van der Waals surface area contributed by atoms with Gasteiger partial charge in [-0.1, -0.05) is 10.6 Å². The summed E-state index contributed by atoms with van der Waals surface area (Å²) in [4.78, 5) is 37.5. The van der Waals surface area contributed by atoms with Crippen molar-refractivity contribution in [2.24, 2.45) is 0 Å². The molecule has 0 aliphatic carbocycles. The lowest BCUT2D eigenvalue weighted by Gasteiger charge is -2.33. The molecule has 2 heterocycles. The monoisotopic (exact) mass is 467 g/mol. The molecule has 1 aromatic carbocycles. The number of rotatable bonds is 6. The van der Waals surface area contributed by atoms with E-state index >= 15 is 0 Å². The largest absolute Gasteiger partial charge is 0.461 e. The molecule has 0 bridgehead atoms. The quantitative estimate of drug-likeness (QED) is 0.616. The van der Waals surface area contributed by atoms with Gasteiger partial charge in [0.2, 0.25) is 21.6 Å². The number of carbonyl (C=O) groups excluding carboxylic acids is 3. The van der Waals surface area contributed by atoms with Gasteiger partial charge >= 0.3 is 5.97 Å². The molecule has 1 fully saturated rings. The van der Waals surface area contributed by atoms with Crippen LogP contribution in [0.15, 0.2) is 29.2 Å². The lowest BCUT2D eigenvalue weighted by molar-refractivity contribution is -0.129. The number of nitrogens with one attached hydrogen (secondary N) is 1. The summed E-state index contributed by atoms with van der Waals surface area (Å²) in [6.07, 6.45) is 0. The van der Waals surface area contributed by atoms with Crippen LogP contribution in [0, 0.1) is 0 Å². The zero-order chi connectivity index (χ0) is 22.6. The van der Waals surface area contributed by atoms with E-state index in [1.54, 1.807) is 11.8 Å². The third-order valence-electron chi connectivity index (χ3n) is 4.60. The Morgan fingerprint density at radius 2 is 1.90 bits per heavy atom. The number of aromatic nitrogens is 2. The van der Waals surface area contributed by atoms with Gasteiger partial charge in [0.25, 0.3) is 5.91 Å². The Bertz CT molecular complexity index is 1090. The molecule has 11 nitrogen and oxygen atoms in total. The molecule has 0 saturated carbocycles. The maximum atomic E-state index is 13.0. The van der Waals surface area contributed by atoms with E-state index in [1.807, 2.05) is 0 Å². The first-order valence-electron chi connectivity index (χ1n) is 9.40. The first-order valence-corrected chi connectivity index (χ1v) is 11.6. The van der Waals surface area contributed by atoms with Gasteiger partial charge in [-0.3, -0.25) is 9.59 Å². The minimum atomic E-state index is -3.84. The standard InChI is InChI=1S/C18H21N5O6S2/c1-3-29-18(26)15-17(30-21-20-15)19-16(25)13-5-4-6-14(11-13)31(27,28)23-9-7-22(8-10-23)12(2)24/h4-6,11H,3,7-10H2,1-2H3,(H,19,25). The highest BCUT2D eigenvalue weighted by Gasteiger charge is 2.30. The van der Waals surface area contributed by atoms with Crippen molar-refractivity contribution in [3.8, 4) is 0 Å². The number of esters is 1. The van der Waals surface area contributed by atoms with Gasteiger partial charge in [0, 0.05) is 50.2 Å². The number of carbonyl (C=O) groups is 3. The Hall–Kier alpha value is -2.90. The minimum Gasteiger partial charge on any atom is -0.461 e. The molecule has 31 heavy (non-hydrogen) atoms. The summed E-state index contributed by atoms with van der Waals surface area (Å²) in [6, 6.07) is 5.59. The Morgan fingerprint density at radius 3 is 2.55 bits per heavy atom. The molecule has 1 aromatic heterocycles. The number of hydrogen-bond acceptors (Lipinski definition) is 9. The van der Waals surface area contributed by atoms with Crippen LogP contribution >= 0.6 is 11.5 Å². The van der Waals surface area contributed by atoms with Crippen molar-refractivity contribution in [2.75, 3.05) is 38.1 Å². The van der Waals surface area contributed by atoms with Gasteiger partial charge in [0.15, 0.2) is 5.00 Å². The lowest BCUT2D eigenvalue weighted by atomic mass is 10.2. The van der Waals surface area contributed by atoms with E-state index in [0.29, 0.717) is 13.1 Å². The molecule has 1 aliphatic rings. The van der Waals surface area contributed by atoms with Gasteiger partial charge in [-0.15, -0.1) is 5.10 Å². The molecule has 3 rings (SSSR count). The third kappa shape index (κ3) is 5.06. The molecular formula is C18H21N5O6S2. The van der Waals surface area contributed by atoms with Crippen LogP contribution in [-0.2, 0) is 19.6 Å². The number of amides is 2. The Balaban J connectivity index is 1.76. The van der Waals surface area contributed by atoms with E-state index < -0.39 is 21.9 Å². The summed E-state index contributed by atoms with van der Waals surface area (Å²) in [5.74, 6) is -1.43. The lowest BCUT2D eigenvalue weighted by Crippen LogP contribution is -2.49. The van der Waals surface area contributed by atoms with E-state index in [0.717, 1.165) is 11.5 Å². The molecule has 166 valence electrons. The van der Waals surface area contributed by atoms with Gasteiger partial charge in [-0.2, -0.15) is 4.31 Å². The summed E-state index contributed by atoms with van der Waals surface area (Å²) >= 11 is 0.809. The molecular weight excluding hydrogens is 446 g/mol. The summed E-state index contributed by atoms with van der Waals surface area (Å²) in [5.41, 5.74) is -0.0287. The van der Waals surface area contributed by atoms with E-state index in [-0.39, 0.29) is 46.8 Å². The van der Waals surface area contributed by atoms with Crippen LogP contribution < -0.4 is 5.32 Å². The second kappa shape index (κ2) is 9.49. The van der Waals surface area contributed by atoms with Crippen molar-refractivity contribution in [3.63, 3.8) is 0 Å². The first kappa shape index (κ1) is 22.8. The van der Waals surface area contributed by atoms with E-state index in [4.69, 9.17) is 4.74 Å². The highest BCUT2D eigenvalue weighted by atomic mass is 32.2. The smallest absolute Gasteiger partial charge is 0.362 e. The Kier molecular flexibility index (Phi) is 6.97. The molecule has 0 spiro atoms. The van der Waals surface area contributed by atoms with Crippen LogP contribution in [0.1, 0.15) is 34.7 Å². The zero-order valence-corrected chi connectivity index (χ0v) is 18.5. The van der Waals surface area contributed by atoms with Gasteiger partial charge in [-0.05, 0) is 25.1 Å². The van der Waals surface area contributed by atoms with Crippen LogP contribution in [-0.4, -0.2) is 77.8 Å². The number of benzene rings is 1. The first-order chi connectivity index (χ1) is 14.7. The van der Waals surface area contributed by atoms with Crippen molar-refractivity contribution >= 4 is 44.3 Å². The molecule has 0 atom stereocenters. The molecule has 1 saturated heterocycles. The van der Waals surface area contributed by atoms with Crippen LogP contribution in [0.4, 0.5) is 5.00 Å². The Morgan fingerprint density at radius 1 is 1.19 bits per heavy atom. The predicted octanol–water partition coefficient (Wildman–Crippen LogP) is 0.820. The third-order valence-corrected chi connectivity index (χ3v) is 7.14. The topological polar surface area (TPSA) is 139 Å². The maximum Gasteiger partial charge on any atom is 0.362 e. The number of anilines is 1. The second-order valence-electron chi connectivity index (χ2n) is 6.56. The SMILES string of the molecule is CCOC(=O)c1nnsc1NC(=O)c1cccc(S(=O)(=O)N2CCN(C(C)=O)CC2)c1. The molecule has 0 unspecified atom stereocenters. The average Bonchev–Trinajstić information content (AvgIpc) is 3.22. The normalized spacial score (nSPS) is 14.8. The molecule has 2 amide bonds. The number of hydrogen-bond donors (Lipinski definition) is 1. The highest BCUT2D eigenvalue weighted by Crippen LogP contribution is 2.22. The molecule has 1 aliphatic heterocycles. The van der Waals surface area contributed by atoms with E-state index in [1.165, 1.54) is 35.5 Å². The van der Waals surface area contributed by atoms with Crippen molar-refractivity contribution in [1.29, 1.82) is 0 Å². The van der Waals surface area contributed by atoms with Gasteiger partial charge in [0.1, 0.15) is 0 Å². The van der Waals surface area contributed by atoms with Crippen LogP contribution in [0.2, 0.25) is 0 Å². The maximum absolute atomic E-state index is 13.0. The number of piperazine rings is 1. The highest BCUT2D eigenvalue weighted by molar-refractivity contribution is 7.89. The molecule has 0 radical (unpaired) electrons. The average molecular weight is 468 g/mol. The zero-order valence-electron chi connectivity index (χ0n) is 16.9. The van der Waals surface area contributed by atoms with Crippen LogP contribution in [0.3, 0.4) is 0 Å². The van der Waals surface area contributed by atoms with Gasteiger partial charge in [0.05, 0.1) is 11.5 Å². The summed E-state index contributed by atoms with van der Waals surface area (Å²) < 4.78 is 35.8. The predicted molar refractivity (Wildman–Crippen MR) is 111 cm³/mol. The molecule has 2 aromatic rings. The van der Waals surface area contributed by atoms with Crippen LogP contribution in [0.25, 0.3) is 0 Å². The summed E-state index contributed by atoms with van der Waals surface area (Å²) in [5, 5.41) is 6.30. The van der Waals surface area contributed by atoms with Crippen molar-refractivity contribution < 1.29 is 27.5 Å². The fourth-order valence-electron chi connectivity index (χ4n) is 2.97. The molecule has 1 N–H and O–H groups in total. The number of nitrogens with zero attached hydrogens (tertiary/aromatic N) is 4. The van der Waals surface area contributed by atoms with E-state index in [9.17, 15) is 22.8 Å². The minimum absolute atomic E-state index is 0.0375. The van der Waals surface area contributed by atoms with E-state index in [2.05, 4.69) is 14.9 Å². The second-order valence-corrected chi connectivity index (χ2v) is 9.26.